The first-order valence-corrected chi connectivity index (χ1v) is 7.50. The fourth-order valence-electron chi connectivity index (χ4n) is 3.77. The Bertz CT molecular complexity index is 208. The van der Waals surface area contributed by atoms with Gasteiger partial charge in [0, 0.05) is 6.04 Å². The molecule has 2 aliphatic heterocycles. The van der Waals surface area contributed by atoms with Crippen LogP contribution in [0.15, 0.2) is 0 Å². The maximum absolute atomic E-state index is 6.59. The molecule has 0 amide bonds. The summed E-state index contributed by atoms with van der Waals surface area (Å²) in [5, 5.41) is 6.90. The van der Waals surface area contributed by atoms with Crippen molar-refractivity contribution < 1.29 is 0 Å². The van der Waals surface area contributed by atoms with Gasteiger partial charge in [-0.25, -0.2) is 0 Å². The second kappa shape index (κ2) is 6.72. The minimum absolute atomic E-state index is 0.435. The summed E-state index contributed by atoms with van der Waals surface area (Å²) in [5.74, 6) is 2.38. The molecular formula is C14H29N3. The van der Waals surface area contributed by atoms with Crippen LogP contribution in [0.4, 0.5) is 0 Å². The van der Waals surface area contributed by atoms with Gasteiger partial charge in [-0.05, 0) is 69.6 Å². The Kier molecular flexibility index (Phi) is 5.26. The molecule has 2 fully saturated rings. The van der Waals surface area contributed by atoms with Crippen molar-refractivity contribution >= 4 is 0 Å². The lowest BCUT2D eigenvalue weighted by molar-refractivity contribution is 0.164. The third kappa shape index (κ3) is 3.43. The van der Waals surface area contributed by atoms with Gasteiger partial charge in [-0.2, -0.15) is 0 Å². The summed E-state index contributed by atoms with van der Waals surface area (Å²) < 4.78 is 0. The van der Waals surface area contributed by atoms with Crippen molar-refractivity contribution in [2.75, 3.05) is 26.2 Å². The number of piperidine rings is 2. The highest BCUT2D eigenvalue weighted by atomic mass is 14.9. The minimum atomic E-state index is 0.435. The first-order chi connectivity index (χ1) is 8.33. The molecule has 0 aromatic heterocycles. The van der Waals surface area contributed by atoms with E-state index in [-0.39, 0.29) is 0 Å². The summed E-state index contributed by atoms with van der Waals surface area (Å²) in [5.41, 5.74) is 6.59. The lowest BCUT2D eigenvalue weighted by Crippen LogP contribution is -2.46. The molecule has 0 aromatic carbocycles. The van der Waals surface area contributed by atoms with Crippen LogP contribution in [0.25, 0.3) is 0 Å². The van der Waals surface area contributed by atoms with Crippen molar-refractivity contribution in [3.8, 4) is 0 Å². The molecule has 3 heteroatoms. The molecule has 3 nitrogen and oxygen atoms in total. The number of hydrogen-bond donors (Lipinski definition) is 3. The molecule has 2 rings (SSSR count). The molecule has 0 bridgehead atoms. The molecule has 100 valence electrons. The van der Waals surface area contributed by atoms with Gasteiger partial charge < -0.3 is 16.4 Å². The van der Waals surface area contributed by atoms with Gasteiger partial charge in [-0.3, -0.25) is 0 Å². The van der Waals surface area contributed by atoms with E-state index in [1.54, 1.807) is 0 Å². The van der Waals surface area contributed by atoms with Crippen LogP contribution in [0.3, 0.4) is 0 Å². The SMILES string of the molecule is CCC(C1CCNCC1)C(N)C1CCNCC1. The molecule has 0 spiro atoms. The minimum Gasteiger partial charge on any atom is -0.327 e. The molecule has 4 N–H and O–H groups in total. The highest BCUT2D eigenvalue weighted by Gasteiger charge is 2.32. The van der Waals surface area contributed by atoms with Gasteiger partial charge in [0.1, 0.15) is 0 Å². The van der Waals surface area contributed by atoms with Gasteiger partial charge in [-0.15, -0.1) is 0 Å². The number of hydrogen-bond acceptors (Lipinski definition) is 3. The van der Waals surface area contributed by atoms with E-state index in [1.165, 1.54) is 58.3 Å². The van der Waals surface area contributed by atoms with E-state index in [0.717, 1.165) is 17.8 Å². The van der Waals surface area contributed by atoms with Crippen LogP contribution in [-0.2, 0) is 0 Å². The molecule has 17 heavy (non-hydrogen) atoms. The fourth-order valence-corrected chi connectivity index (χ4v) is 3.77. The van der Waals surface area contributed by atoms with Gasteiger partial charge in [0.15, 0.2) is 0 Å². The third-order valence-electron chi connectivity index (χ3n) is 4.88. The first kappa shape index (κ1) is 13.3. The summed E-state index contributed by atoms with van der Waals surface area (Å²) in [7, 11) is 0. The number of nitrogens with one attached hydrogen (secondary N) is 2. The summed E-state index contributed by atoms with van der Waals surface area (Å²) in [6.45, 7) is 7.05. The van der Waals surface area contributed by atoms with E-state index >= 15 is 0 Å². The quantitative estimate of drug-likeness (QED) is 0.694. The predicted octanol–water partition coefficient (Wildman–Crippen LogP) is 1.34. The molecule has 2 unspecified atom stereocenters. The second-order valence-corrected chi connectivity index (χ2v) is 5.82. The van der Waals surface area contributed by atoms with Gasteiger partial charge in [0.2, 0.25) is 0 Å². The Morgan fingerprint density at radius 2 is 1.41 bits per heavy atom. The zero-order valence-electron chi connectivity index (χ0n) is 11.3. The largest absolute Gasteiger partial charge is 0.327 e. The standard InChI is InChI=1S/C14H29N3/c1-2-13(11-3-7-16-8-4-11)14(15)12-5-9-17-10-6-12/h11-14,16-17H,2-10,15H2,1H3. The molecular weight excluding hydrogens is 210 g/mol. The van der Waals surface area contributed by atoms with Crippen LogP contribution < -0.4 is 16.4 Å². The molecule has 0 saturated carbocycles. The molecule has 0 aromatic rings. The highest BCUT2D eigenvalue weighted by molar-refractivity contribution is 4.88. The van der Waals surface area contributed by atoms with Crippen LogP contribution in [0.2, 0.25) is 0 Å². The Balaban J connectivity index is 1.90. The summed E-state index contributed by atoms with van der Waals surface area (Å²) in [6, 6.07) is 0.435. The zero-order chi connectivity index (χ0) is 12.1. The number of rotatable bonds is 4. The second-order valence-electron chi connectivity index (χ2n) is 5.82. The normalized spacial score (nSPS) is 27.9. The molecule has 2 saturated heterocycles. The van der Waals surface area contributed by atoms with E-state index in [4.69, 9.17) is 5.73 Å². The lowest BCUT2D eigenvalue weighted by atomic mass is 9.73. The Hall–Kier alpha value is -0.120. The van der Waals surface area contributed by atoms with E-state index < -0.39 is 0 Å². The summed E-state index contributed by atoms with van der Waals surface area (Å²) in [6.07, 6.45) is 6.48. The first-order valence-electron chi connectivity index (χ1n) is 7.50. The van der Waals surface area contributed by atoms with Crippen LogP contribution in [-0.4, -0.2) is 32.2 Å². The van der Waals surface area contributed by atoms with Crippen molar-refractivity contribution in [1.29, 1.82) is 0 Å². The maximum atomic E-state index is 6.59. The molecule has 2 heterocycles. The average Bonchev–Trinajstić information content (AvgIpc) is 2.42. The van der Waals surface area contributed by atoms with Crippen LogP contribution in [0, 0.1) is 17.8 Å². The van der Waals surface area contributed by atoms with E-state index in [0.29, 0.717) is 6.04 Å². The fraction of sp³-hybridized carbons (Fsp3) is 1.00. The van der Waals surface area contributed by atoms with Gasteiger partial charge >= 0.3 is 0 Å². The van der Waals surface area contributed by atoms with Crippen molar-refractivity contribution in [2.24, 2.45) is 23.5 Å². The Morgan fingerprint density at radius 1 is 0.941 bits per heavy atom. The highest BCUT2D eigenvalue weighted by Crippen LogP contribution is 2.32. The van der Waals surface area contributed by atoms with Gasteiger partial charge in [0.05, 0.1) is 0 Å². The molecule has 2 atom stereocenters. The molecule has 0 aliphatic carbocycles. The van der Waals surface area contributed by atoms with E-state index in [9.17, 15) is 0 Å². The smallest absolute Gasteiger partial charge is 0.00991 e. The average molecular weight is 239 g/mol. The monoisotopic (exact) mass is 239 g/mol. The van der Waals surface area contributed by atoms with Gasteiger partial charge in [-0.1, -0.05) is 13.3 Å². The predicted molar refractivity (Wildman–Crippen MR) is 72.9 cm³/mol. The van der Waals surface area contributed by atoms with E-state index in [2.05, 4.69) is 17.6 Å². The van der Waals surface area contributed by atoms with Gasteiger partial charge in [0.25, 0.3) is 0 Å². The van der Waals surface area contributed by atoms with Crippen molar-refractivity contribution in [3.05, 3.63) is 0 Å². The zero-order valence-corrected chi connectivity index (χ0v) is 11.3. The van der Waals surface area contributed by atoms with Crippen LogP contribution in [0.1, 0.15) is 39.0 Å². The Labute approximate surface area is 106 Å². The van der Waals surface area contributed by atoms with E-state index in [1.807, 2.05) is 0 Å². The van der Waals surface area contributed by atoms with Crippen molar-refractivity contribution in [2.45, 2.75) is 45.1 Å². The van der Waals surface area contributed by atoms with Crippen molar-refractivity contribution in [1.82, 2.24) is 10.6 Å². The van der Waals surface area contributed by atoms with Crippen LogP contribution >= 0.6 is 0 Å². The molecule has 2 aliphatic rings. The lowest BCUT2D eigenvalue weighted by Gasteiger charge is -2.39. The molecule has 0 radical (unpaired) electrons. The third-order valence-corrected chi connectivity index (χ3v) is 4.88. The Morgan fingerprint density at radius 3 is 1.88 bits per heavy atom. The topological polar surface area (TPSA) is 50.1 Å². The summed E-state index contributed by atoms with van der Waals surface area (Å²) >= 11 is 0. The van der Waals surface area contributed by atoms with Crippen molar-refractivity contribution in [3.63, 3.8) is 0 Å². The number of nitrogens with two attached hydrogens (primary N) is 1. The van der Waals surface area contributed by atoms with Crippen LogP contribution in [0.5, 0.6) is 0 Å². The maximum Gasteiger partial charge on any atom is 0.00991 e. The summed E-state index contributed by atoms with van der Waals surface area (Å²) in [4.78, 5) is 0.